The molecule has 0 aliphatic heterocycles. The van der Waals surface area contributed by atoms with E-state index in [0.717, 1.165) is 19.4 Å². The SMILES string of the molecule is CCOC1(C(C)(C)C2=CCC=C2)CC=C(C)C=C1C(C)(C)C. The van der Waals surface area contributed by atoms with E-state index in [0.29, 0.717) is 0 Å². The summed E-state index contributed by atoms with van der Waals surface area (Å²) in [7, 11) is 0. The largest absolute Gasteiger partial charge is 0.370 e. The molecule has 0 aromatic heterocycles. The molecule has 22 heavy (non-hydrogen) atoms. The van der Waals surface area contributed by atoms with Gasteiger partial charge in [0, 0.05) is 12.0 Å². The van der Waals surface area contributed by atoms with Gasteiger partial charge in [-0.25, -0.2) is 0 Å². The van der Waals surface area contributed by atoms with Gasteiger partial charge in [0.1, 0.15) is 5.60 Å². The lowest BCUT2D eigenvalue weighted by atomic mass is 9.58. The van der Waals surface area contributed by atoms with E-state index >= 15 is 0 Å². The topological polar surface area (TPSA) is 9.23 Å². The normalized spacial score (nSPS) is 25.9. The molecule has 2 aliphatic rings. The van der Waals surface area contributed by atoms with Crippen molar-refractivity contribution >= 4 is 0 Å². The Morgan fingerprint density at radius 2 is 1.82 bits per heavy atom. The predicted octanol–water partition coefficient (Wildman–Crippen LogP) is 6.00. The number of ether oxygens (including phenoxy) is 1. The molecular formula is C21H32O. The van der Waals surface area contributed by atoms with Crippen LogP contribution in [0.15, 0.2) is 47.1 Å². The van der Waals surface area contributed by atoms with Crippen molar-refractivity contribution in [2.75, 3.05) is 6.61 Å². The number of rotatable bonds is 4. The van der Waals surface area contributed by atoms with Crippen molar-refractivity contribution in [3.8, 4) is 0 Å². The molecule has 1 unspecified atom stereocenters. The quantitative estimate of drug-likeness (QED) is 0.619. The zero-order valence-corrected chi connectivity index (χ0v) is 15.4. The van der Waals surface area contributed by atoms with Gasteiger partial charge in [0.25, 0.3) is 0 Å². The van der Waals surface area contributed by atoms with E-state index in [2.05, 4.69) is 78.8 Å². The van der Waals surface area contributed by atoms with Gasteiger partial charge >= 0.3 is 0 Å². The average molecular weight is 300 g/mol. The molecular weight excluding hydrogens is 268 g/mol. The molecule has 0 amide bonds. The number of hydrogen-bond acceptors (Lipinski definition) is 1. The summed E-state index contributed by atoms with van der Waals surface area (Å²) < 4.78 is 6.55. The van der Waals surface area contributed by atoms with Crippen LogP contribution in [0.2, 0.25) is 0 Å². The maximum Gasteiger partial charge on any atom is 0.102 e. The second-order valence-electron chi connectivity index (χ2n) is 8.14. The molecule has 2 rings (SSSR count). The van der Waals surface area contributed by atoms with Crippen LogP contribution in [0, 0.1) is 10.8 Å². The maximum absolute atomic E-state index is 6.55. The Morgan fingerprint density at radius 1 is 1.14 bits per heavy atom. The third kappa shape index (κ3) is 2.76. The van der Waals surface area contributed by atoms with Gasteiger partial charge in [-0.15, -0.1) is 0 Å². The van der Waals surface area contributed by atoms with Crippen LogP contribution in [0.5, 0.6) is 0 Å². The lowest BCUT2D eigenvalue weighted by Gasteiger charge is -2.53. The van der Waals surface area contributed by atoms with Gasteiger partial charge in [-0.1, -0.05) is 70.6 Å². The summed E-state index contributed by atoms with van der Waals surface area (Å²) in [6.07, 6.45) is 13.6. The van der Waals surface area contributed by atoms with E-state index < -0.39 is 0 Å². The molecule has 0 heterocycles. The average Bonchev–Trinajstić information content (AvgIpc) is 2.94. The standard InChI is InChI=1S/C21H32O/c1-8-22-21(20(6,7)17-11-9-10-12-17)14-13-16(2)15-18(21)19(3,4)5/h9,11-13,15H,8,10,14H2,1-7H3. The Bertz CT molecular complexity index is 549. The van der Waals surface area contributed by atoms with Crippen LogP contribution >= 0.6 is 0 Å². The Labute approximate surface area is 136 Å². The van der Waals surface area contributed by atoms with Gasteiger partial charge in [0.15, 0.2) is 0 Å². The lowest BCUT2D eigenvalue weighted by Crippen LogP contribution is -2.53. The van der Waals surface area contributed by atoms with E-state index in [-0.39, 0.29) is 16.4 Å². The first-order valence-electron chi connectivity index (χ1n) is 8.55. The zero-order valence-electron chi connectivity index (χ0n) is 15.4. The summed E-state index contributed by atoms with van der Waals surface area (Å²) in [6, 6.07) is 0. The highest BCUT2D eigenvalue weighted by Crippen LogP contribution is 2.55. The summed E-state index contributed by atoms with van der Waals surface area (Å²) in [5.41, 5.74) is 3.96. The summed E-state index contributed by atoms with van der Waals surface area (Å²) >= 11 is 0. The van der Waals surface area contributed by atoms with E-state index in [9.17, 15) is 0 Å². The predicted molar refractivity (Wildman–Crippen MR) is 95.9 cm³/mol. The molecule has 0 saturated carbocycles. The lowest BCUT2D eigenvalue weighted by molar-refractivity contribution is -0.0850. The zero-order chi connectivity index (χ0) is 16.6. The molecule has 0 radical (unpaired) electrons. The van der Waals surface area contributed by atoms with E-state index in [1.54, 1.807) is 0 Å². The van der Waals surface area contributed by atoms with Gasteiger partial charge in [-0.2, -0.15) is 0 Å². The van der Waals surface area contributed by atoms with Crippen molar-refractivity contribution in [3.05, 3.63) is 47.1 Å². The summed E-state index contributed by atoms with van der Waals surface area (Å²) in [6.45, 7) is 16.7. The molecule has 2 aliphatic carbocycles. The number of allylic oxidation sites excluding steroid dienone is 5. The van der Waals surface area contributed by atoms with Crippen molar-refractivity contribution in [2.24, 2.45) is 10.8 Å². The first-order chi connectivity index (χ1) is 10.1. The van der Waals surface area contributed by atoms with Crippen LogP contribution in [0.3, 0.4) is 0 Å². The van der Waals surface area contributed by atoms with Crippen LogP contribution in [-0.4, -0.2) is 12.2 Å². The van der Waals surface area contributed by atoms with Gasteiger partial charge < -0.3 is 4.74 Å². The minimum absolute atomic E-state index is 0.0493. The molecule has 0 fully saturated rings. The third-order valence-electron chi connectivity index (χ3n) is 5.22. The Morgan fingerprint density at radius 3 is 2.32 bits per heavy atom. The van der Waals surface area contributed by atoms with Gasteiger partial charge in [-0.3, -0.25) is 0 Å². The fraction of sp³-hybridized carbons (Fsp3) is 0.619. The van der Waals surface area contributed by atoms with Crippen LogP contribution in [0.4, 0.5) is 0 Å². The summed E-state index contributed by atoms with van der Waals surface area (Å²) in [4.78, 5) is 0. The van der Waals surface area contributed by atoms with Crippen LogP contribution in [0.25, 0.3) is 0 Å². The highest BCUT2D eigenvalue weighted by atomic mass is 16.5. The van der Waals surface area contributed by atoms with Crippen LogP contribution in [0.1, 0.15) is 61.3 Å². The molecule has 1 atom stereocenters. The molecule has 1 heteroatoms. The first-order valence-corrected chi connectivity index (χ1v) is 8.55. The number of hydrogen-bond donors (Lipinski definition) is 0. The van der Waals surface area contributed by atoms with Crippen molar-refractivity contribution in [3.63, 3.8) is 0 Å². The van der Waals surface area contributed by atoms with Crippen molar-refractivity contribution in [1.82, 2.24) is 0 Å². The first kappa shape index (κ1) is 17.3. The second-order valence-corrected chi connectivity index (χ2v) is 8.14. The van der Waals surface area contributed by atoms with Crippen molar-refractivity contribution in [1.29, 1.82) is 0 Å². The molecule has 0 spiro atoms. The Hall–Kier alpha value is -1.08. The smallest absolute Gasteiger partial charge is 0.102 e. The molecule has 1 nitrogen and oxygen atoms in total. The third-order valence-corrected chi connectivity index (χ3v) is 5.22. The van der Waals surface area contributed by atoms with E-state index in [4.69, 9.17) is 4.74 Å². The van der Waals surface area contributed by atoms with Gasteiger partial charge in [-0.05, 0) is 43.3 Å². The van der Waals surface area contributed by atoms with Gasteiger partial charge in [0.05, 0.1) is 0 Å². The van der Waals surface area contributed by atoms with Crippen molar-refractivity contribution in [2.45, 2.75) is 66.9 Å². The minimum atomic E-state index is -0.264. The fourth-order valence-electron chi connectivity index (χ4n) is 3.95. The summed E-state index contributed by atoms with van der Waals surface area (Å²) in [5.74, 6) is 0. The maximum atomic E-state index is 6.55. The fourth-order valence-corrected chi connectivity index (χ4v) is 3.95. The van der Waals surface area contributed by atoms with Gasteiger partial charge in [0.2, 0.25) is 0 Å². The second kappa shape index (κ2) is 5.85. The molecule has 122 valence electrons. The molecule has 0 N–H and O–H groups in total. The molecule has 0 saturated heterocycles. The molecule has 0 aromatic carbocycles. The minimum Gasteiger partial charge on any atom is -0.370 e. The van der Waals surface area contributed by atoms with Crippen molar-refractivity contribution < 1.29 is 4.74 Å². The van der Waals surface area contributed by atoms with E-state index in [1.807, 2.05) is 0 Å². The summed E-state index contributed by atoms with van der Waals surface area (Å²) in [5, 5.41) is 0. The Kier molecular flexibility index (Phi) is 4.59. The van der Waals surface area contributed by atoms with E-state index in [1.165, 1.54) is 16.7 Å². The highest BCUT2D eigenvalue weighted by Gasteiger charge is 2.53. The highest BCUT2D eigenvalue weighted by molar-refractivity contribution is 5.45. The molecule has 0 bridgehead atoms. The monoisotopic (exact) mass is 300 g/mol. The van der Waals surface area contributed by atoms with Crippen LogP contribution in [-0.2, 0) is 4.74 Å². The Balaban J connectivity index is 2.61. The molecule has 0 aromatic rings. The van der Waals surface area contributed by atoms with Crippen LogP contribution < -0.4 is 0 Å².